The summed E-state index contributed by atoms with van der Waals surface area (Å²) in [5.41, 5.74) is 0. The number of Topliss-reactive ketones (excluding diaryl/α,β-unsaturated/α-hetero) is 1. The summed E-state index contributed by atoms with van der Waals surface area (Å²) in [5.74, 6) is -0.160. The first-order valence-corrected chi connectivity index (χ1v) is 6.52. The average Bonchev–Trinajstić information content (AvgIpc) is 2.15. The number of ether oxygens (including phenoxy) is 1. The van der Waals surface area contributed by atoms with Crippen LogP contribution in [0.5, 0.6) is 0 Å². The summed E-state index contributed by atoms with van der Waals surface area (Å²) in [5, 5.41) is -0.758. The maximum atomic E-state index is 11.7. The molecule has 0 aromatic heterocycles. The van der Waals surface area contributed by atoms with Crippen LogP contribution in [-0.4, -0.2) is 38.9 Å². The Hall–Kier alpha value is -0.420. The van der Waals surface area contributed by atoms with Gasteiger partial charge in [0.25, 0.3) is 0 Å². The molecule has 14 heavy (non-hydrogen) atoms. The number of hydrogen-bond donors (Lipinski definition) is 0. The van der Waals surface area contributed by atoms with E-state index in [4.69, 9.17) is 4.74 Å². The Labute approximate surface area is 84.6 Å². The second kappa shape index (κ2) is 4.89. The molecule has 5 heteroatoms. The first kappa shape index (κ1) is 11.7. The van der Waals surface area contributed by atoms with E-state index < -0.39 is 15.1 Å². The van der Waals surface area contributed by atoms with Crippen molar-refractivity contribution >= 4 is 15.6 Å². The smallest absolute Gasteiger partial charge is 0.162 e. The summed E-state index contributed by atoms with van der Waals surface area (Å²) in [6.07, 6.45) is 2.57. The van der Waals surface area contributed by atoms with Crippen LogP contribution in [0, 0.1) is 0 Å². The van der Waals surface area contributed by atoms with Crippen LogP contribution in [0.1, 0.15) is 25.7 Å². The van der Waals surface area contributed by atoms with Crippen LogP contribution in [0.4, 0.5) is 0 Å². The molecule has 0 N–H and O–H groups in total. The van der Waals surface area contributed by atoms with Crippen molar-refractivity contribution in [3.63, 3.8) is 0 Å². The lowest BCUT2D eigenvalue weighted by Gasteiger charge is -2.20. The molecule has 82 valence electrons. The largest absolute Gasteiger partial charge is 0.384 e. The average molecular weight is 220 g/mol. The lowest BCUT2D eigenvalue weighted by Crippen LogP contribution is -2.35. The zero-order valence-electron chi connectivity index (χ0n) is 8.36. The molecule has 0 aromatic rings. The van der Waals surface area contributed by atoms with E-state index in [9.17, 15) is 13.2 Å². The minimum atomic E-state index is -3.27. The first-order chi connectivity index (χ1) is 6.58. The molecular formula is C9H16O4S. The van der Waals surface area contributed by atoms with E-state index in [1.54, 1.807) is 0 Å². The fourth-order valence-corrected chi connectivity index (χ4v) is 3.40. The standard InChI is InChI=1S/C9H16O4S/c1-13-6-7-14(11,12)9-5-3-2-4-8(9)10/h9H,2-7H2,1H3. The molecular weight excluding hydrogens is 204 g/mol. The van der Waals surface area contributed by atoms with Gasteiger partial charge in [-0.1, -0.05) is 6.42 Å². The molecule has 0 heterocycles. The quantitative estimate of drug-likeness (QED) is 0.694. The van der Waals surface area contributed by atoms with Crippen LogP contribution >= 0.6 is 0 Å². The van der Waals surface area contributed by atoms with Gasteiger partial charge in [0.15, 0.2) is 15.6 Å². The highest BCUT2D eigenvalue weighted by atomic mass is 32.2. The second-order valence-electron chi connectivity index (χ2n) is 3.56. The van der Waals surface area contributed by atoms with Crippen LogP contribution in [0.25, 0.3) is 0 Å². The highest BCUT2D eigenvalue weighted by molar-refractivity contribution is 7.92. The Morgan fingerprint density at radius 3 is 2.71 bits per heavy atom. The highest BCUT2D eigenvalue weighted by Crippen LogP contribution is 2.21. The number of hydrogen-bond acceptors (Lipinski definition) is 4. The molecule has 1 atom stereocenters. The minimum absolute atomic E-state index is 0.0418. The van der Waals surface area contributed by atoms with E-state index in [0.717, 1.165) is 12.8 Å². The van der Waals surface area contributed by atoms with Crippen molar-refractivity contribution in [2.75, 3.05) is 19.5 Å². The lowest BCUT2D eigenvalue weighted by atomic mass is 9.99. The van der Waals surface area contributed by atoms with Crippen molar-refractivity contribution in [3.05, 3.63) is 0 Å². The molecule has 0 aromatic carbocycles. The van der Waals surface area contributed by atoms with Crippen molar-refractivity contribution in [1.82, 2.24) is 0 Å². The normalized spacial score (nSPS) is 23.8. The molecule has 0 saturated heterocycles. The van der Waals surface area contributed by atoms with E-state index in [2.05, 4.69) is 0 Å². The van der Waals surface area contributed by atoms with Crippen LogP contribution in [0.2, 0.25) is 0 Å². The number of ketones is 1. The van der Waals surface area contributed by atoms with Crippen LogP contribution in [0.3, 0.4) is 0 Å². The Morgan fingerprint density at radius 2 is 2.14 bits per heavy atom. The van der Waals surface area contributed by atoms with Gasteiger partial charge < -0.3 is 4.74 Å². The molecule has 1 fully saturated rings. The van der Waals surface area contributed by atoms with Crippen LogP contribution in [0.15, 0.2) is 0 Å². The molecule has 1 saturated carbocycles. The highest BCUT2D eigenvalue weighted by Gasteiger charge is 2.33. The predicted octanol–water partition coefficient (Wildman–Crippen LogP) is 0.559. The number of sulfone groups is 1. The molecule has 4 nitrogen and oxygen atoms in total. The van der Waals surface area contributed by atoms with Gasteiger partial charge in [-0.05, 0) is 12.8 Å². The summed E-state index contributed by atoms with van der Waals surface area (Å²) in [6, 6.07) is 0. The summed E-state index contributed by atoms with van der Waals surface area (Å²) >= 11 is 0. The third kappa shape index (κ3) is 2.78. The maximum Gasteiger partial charge on any atom is 0.162 e. The van der Waals surface area contributed by atoms with Crippen molar-refractivity contribution in [1.29, 1.82) is 0 Å². The number of carbonyl (C=O) groups excluding carboxylic acids is 1. The monoisotopic (exact) mass is 220 g/mol. The van der Waals surface area contributed by atoms with Gasteiger partial charge in [-0.25, -0.2) is 8.42 Å². The zero-order valence-corrected chi connectivity index (χ0v) is 9.18. The Morgan fingerprint density at radius 1 is 1.43 bits per heavy atom. The topological polar surface area (TPSA) is 60.4 Å². The van der Waals surface area contributed by atoms with Gasteiger partial charge in [-0.3, -0.25) is 4.79 Å². The predicted molar refractivity (Wildman–Crippen MR) is 52.9 cm³/mol. The first-order valence-electron chi connectivity index (χ1n) is 4.81. The molecule has 1 rings (SSSR count). The summed E-state index contributed by atoms with van der Waals surface area (Å²) in [6.45, 7) is 0.173. The van der Waals surface area contributed by atoms with Gasteiger partial charge >= 0.3 is 0 Å². The van der Waals surface area contributed by atoms with Gasteiger partial charge in [0.1, 0.15) is 5.25 Å². The Balaban J connectivity index is 2.65. The van der Waals surface area contributed by atoms with Crippen LogP contribution < -0.4 is 0 Å². The van der Waals surface area contributed by atoms with Crippen LogP contribution in [-0.2, 0) is 19.4 Å². The van der Waals surface area contributed by atoms with Gasteiger partial charge in [0.05, 0.1) is 12.4 Å². The van der Waals surface area contributed by atoms with E-state index in [-0.39, 0.29) is 18.1 Å². The summed E-state index contributed by atoms with van der Waals surface area (Å²) < 4.78 is 28.0. The van der Waals surface area contributed by atoms with Gasteiger partial charge in [0.2, 0.25) is 0 Å². The third-order valence-corrected chi connectivity index (χ3v) is 4.61. The molecule has 0 bridgehead atoms. The Kier molecular flexibility index (Phi) is 4.07. The Bertz CT molecular complexity index is 294. The van der Waals surface area contributed by atoms with Crippen molar-refractivity contribution in [3.8, 4) is 0 Å². The zero-order chi connectivity index (χ0) is 10.6. The van der Waals surface area contributed by atoms with Gasteiger partial charge in [0, 0.05) is 13.5 Å². The fourth-order valence-electron chi connectivity index (χ4n) is 1.67. The minimum Gasteiger partial charge on any atom is -0.384 e. The number of carbonyl (C=O) groups is 1. The van der Waals surface area contributed by atoms with E-state index in [1.807, 2.05) is 0 Å². The molecule has 0 amide bonds. The third-order valence-electron chi connectivity index (χ3n) is 2.50. The molecule has 1 aliphatic carbocycles. The molecule has 0 spiro atoms. The van der Waals surface area contributed by atoms with E-state index in [1.165, 1.54) is 7.11 Å². The molecule has 1 aliphatic rings. The maximum absolute atomic E-state index is 11.7. The molecule has 0 radical (unpaired) electrons. The summed E-state index contributed by atoms with van der Waals surface area (Å²) in [7, 11) is -1.81. The number of methoxy groups -OCH3 is 1. The van der Waals surface area contributed by atoms with E-state index >= 15 is 0 Å². The SMILES string of the molecule is COCCS(=O)(=O)C1CCCCC1=O. The molecule has 0 aliphatic heterocycles. The van der Waals surface area contributed by atoms with E-state index in [0.29, 0.717) is 12.8 Å². The second-order valence-corrected chi connectivity index (χ2v) is 5.86. The summed E-state index contributed by atoms with van der Waals surface area (Å²) in [4.78, 5) is 11.4. The number of rotatable bonds is 4. The van der Waals surface area contributed by atoms with Gasteiger partial charge in [-0.15, -0.1) is 0 Å². The van der Waals surface area contributed by atoms with Crippen molar-refractivity contribution < 1.29 is 17.9 Å². The van der Waals surface area contributed by atoms with Gasteiger partial charge in [-0.2, -0.15) is 0 Å². The lowest BCUT2D eigenvalue weighted by molar-refractivity contribution is -0.119. The molecule has 1 unspecified atom stereocenters. The van der Waals surface area contributed by atoms with Crippen molar-refractivity contribution in [2.24, 2.45) is 0 Å². The van der Waals surface area contributed by atoms with Crippen molar-refractivity contribution in [2.45, 2.75) is 30.9 Å². The fraction of sp³-hybridized carbons (Fsp3) is 0.889.